The minimum absolute atomic E-state index is 0.0297. The van der Waals surface area contributed by atoms with Crippen molar-refractivity contribution in [3.8, 4) is 0 Å². The lowest BCUT2D eigenvalue weighted by molar-refractivity contribution is -0.169. The quantitative estimate of drug-likeness (QED) is 0.762. The van der Waals surface area contributed by atoms with Gasteiger partial charge in [-0.25, -0.2) is 0 Å². The highest BCUT2D eigenvalue weighted by Gasteiger charge is 2.59. The Morgan fingerprint density at radius 1 is 0.750 bits per heavy atom. The SMILES string of the molecule is O=C(O)C1[C@H](c2ccccc2)C(C(=O)OC2CCCCC2)[C@H]1c1ccccc1. The van der Waals surface area contributed by atoms with Gasteiger partial charge in [-0.05, 0) is 36.8 Å². The molecule has 1 N–H and O–H groups in total. The molecule has 0 amide bonds. The first kappa shape index (κ1) is 18.7. The van der Waals surface area contributed by atoms with Crippen molar-refractivity contribution in [2.75, 3.05) is 0 Å². The van der Waals surface area contributed by atoms with E-state index in [4.69, 9.17) is 4.74 Å². The van der Waals surface area contributed by atoms with Gasteiger partial charge in [0.15, 0.2) is 0 Å². The summed E-state index contributed by atoms with van der Waals surface area (Å²) < 4.78 is 5.89. The van der Waals surface area contributed by atoms with Crippen LogP contribution in [0.5, 0.6) is 0 Å². The minimum atomic E-state index is -0.857. The molecule has 146 valence electrons. The van der Waals surface area contributed by atoms with Gasteiger partial charge in [0.1, 0.15) is 6.10 Å². The van der Waals surface area contributed by atoms with Crippen LogP contribution in [0.3, 0.4) is 0 Å². The molecule has 2 aliphatic carbocycles. The molecule has 0 aromatic heterocycles. The van der Waals surface area contributed by atoms with Gasteiger partial charge in [-0.1, -0.05) is 67.1 Å². The molecule has 0 spiro atoms. The maximum absolute atomic E-state index is 13.2. The van der Waals surface area contributed by atoms with Crippen molar-refractivity contribution in [2.24, 2.45) is 11.8 Å². The third-order valence-corrected chi connectivity index (χ3v) is 6.31. The molecule has 2 saturated carbocycles. The molecule has 4 nitrogen and oxygen atoms in total. The molecule has 28 heavy (non-hydrogen) atoms. The fraction of sp³-hybridized carbons (Fsp3) is 0.417. The van der Waals surface area contributed by atoms with Crippen molar-refractivity contribution in [1.82, 2.24) is 0 Å². The zero-order valence-electron chi connectivity index (χ0n) is 15.9. The fourth-order valence-corrected chi connectivity index (χ4v) is 4.95. The number of ether oxygens (including phenoxy) is 1. The van der Waals surface area contributed by atoms with Gasteiger partial charge in [-0.15, -0.1) is 0 Å². The van der Waals surface area contributed by atoms with Gasteiger partial charge < -0.3 is 9.84 Å². The van der Waals surface area contributed by atoms with E-state index in [0.29, 0.717) is 0 Å². The van der Waals surface area contributed by atoms with Crippen LogP contribution in [-0.2, 0) is 14.3 Å². The lowest BCUT2D eigenvalue weighted by atomic mass is 9.52. The van der Waals surface area contributed by atoms with E-state index in [1.165, 1.54) is 6.42 Å². The zero-order valence-corrected chi connectivity index (χ0v) is 15.9. The van der Waals surface area contributed by atoms with Crippen LogP contribution >= 0.6 is 0 Å². The highest BCUT2D eigenvalue weighted by Crippen LogP contribution is 2.58. The number of carboxylic acid groups (broad SMARTS) is 1. The van der Waals surface area contributed by atoms with E-state index < -0.39 is 17.8 Å². The predicted molar refractivity (Wildman–Crippen MR) is 106 cm³/mol. The average Bonchev–Trinajstić information content (AvgIpc) is 2.69. The number of esters is 1. The van der Waals surface area contributed by atoms with Crippen molar-refractivity contribution in [3.05, 3.63) is 71.8 Å². The van der Waals surface area contributed by atoms with E-state index in [0.717, 1.165) is 36.8 Å². The number of carboxylic acids is 1. The van der Waals surface area contributed by atoms with Crippen LogP contribution in [0.1, 0.15) is 55.1 Å². The summed E-state index contributed by atoms with van der Waals surface area (Å²) in [6.07, 6.45) is 5.16. The molecule has 2 fully saturated rings. The summed E-state index contributed by atoms with van der Waals surface area (Å²) in [4.78, 5) is 25.4. The van der Waals surface area contributed by atoms with E-state index in [1.807, 2.05) is 60.7 Å². The molecule has 4 heteroatoms. The monoisotopic (exact) mass is 378 g/mol. The molecule has 0 radical (unpaired) electrons. The number of benzene rings is 2. The summed E-state index contributed by atoms with van der Waals surface area (Å²) in [5.74, 6) is -2.92. The van der Waals surface area contributed by atoms with Gasteiger partial charge >= 0.3 is 11.9 Å². The largest absolute Gasteiger partial charge is 0.481 e. The highest BCUT2D eigenvalue weighted by molar-refractivity contribution is 5.84. The first-order chi connectivity index (χ1) is 13.7. The second-order valence-electron chi connectivity index (χ2n) is 7.96. The van der Waals surface area contributed by atoms with Crippen LogP contribution in [0.25, 0.3) is 0 Å². The Bertz CT molecular complexity index is 764. The van der Waals surface area contributed by atoms with E-state index in [2.05, 4.69) is 0 Å². The number of rotatable bonds is 5. The van der Waals surface area contributed by atoms with Crippen LogP contribution in [0.4, 0.5) is 0 Å². The normalized spacial score (nSPS) is 27.6. The smallest absolute Gasteiger partial charge is 0.310 e. The predicted octanol–water partition coefficient (Wildman–Crippen LogP) is 4.76. The number of hydrogen-bond donors (Lipinski definition) is 1. The molecule has 2 aromatic rings. The Kier molecular flexibility index (Phi) is 5.47. The molecular weight excluding hydrogens is 352 g/mol. The van der Waals surface area contributed by atoms with E-state index in [9.17, 15) is 14.7 Å². The van der Waals surface area contributed by atoms with Gasteiger partial charge in [0, 0.05) is 11.8 Å². The van der Waals surface area contributed by atoms with Crippen LogP contribution in [0.15, 0.2) is 60.7 Å². The summed E-state index contributed by atoms with van der Waals surface area (Å²) in [6.45, 7) is 0. The Morgan fingerprint density at radius 2 is 1.25 bits per heavy atom. The summed E-state index contributed by atoms with van der Waals surface area (Å²) in [7, 11) is 0. The Labute approximate surface area is 165 Å². The molecule has 0 heterocycles. The standard InChI is InChI=1S/C24H26O4/c25-23(26)21-19(16-10-4-1-5-11-16)22(20(21)17-12-6-2-7-13-17)24(27)28-18-14-8-3-9-15-18/h1-2,4-7,10-13,18-22H,3,8-9,14-15H2,(H,25,26)/t19-,20-,21?,22?/m0/s1. The molecule has 0 saturated heterocycles. The average molecular weight is 378 g/mol. The maximum Gasteiger partial charge on any atom is 0.310 e. The van der Waals surface area contributed by atoms with Crippen LogP contribution in [0, 0.1) is 11.8 Å². The van der Waals surface area contributed by atoms with E-state index in [1.54, 1.807) is 0 Å². The zero-order chi connectivity index (χ0) is 19.5. The Balaban J connectivity index is 1.66. The molecule has 0 unspecified atom stereocenters. The van der Waals surface area contributed by atoms with Crippen LogP contribution in [0.2, 0.25) is 0 Å². The van der Waals surface area contributed by atoms with Crippen LogP contribution in [-0.4, -0.2) is 23.1 Å². The lowest BCUT2D eigenvalue weighted by Gasteiger charge is -2.49. The highest BCUT2D eigenvalue weighted by atomic mass is 16.5. The molecule has 0 aliphatic heterocycles. The molecule has 2 aliphatic rings. The summed E-state index contributed by atoms with van der Waals surface area (Å²) in [5.41, 5.74) is 1.79. The Hall–Kier alpha value is -2.62. The van der Waals surface area contributed by atoms with Crippen molar-refractivity contribution in [3.63, 3.8) is 0 Å². The van der Waals surface area contributed by atoms with Gasteiger partial charge in [-0.2, -0.15) is 0 Å². The van der Waals surface area contributed by atoms with Crippen molar-refractivity contribution in [2.45, 2.75) is 50.0 Å². The van der Waals surface area contributed by atoms with Gasteiger partial charge in [0.05, 0.1) is 11.8 Å². The number of carbonyl (C=O) groups is 2. The van der Waals surface area contributed by atoms with Crippen molar-refractivity contribution >= 4 is 11.9 Å². The first-order valence-electron chi connectivity index (χ1n) is 10.2. The van der Waals surface area contributed by atoms with Gasteiger partial charge in [-0.3, -0.25) is 9.59 Å². The second-order valence-corrected chi connectivity index (χ2v) is 7.96. The van der Waals surface area contributed by atoms with E-state index >= 15 is 0 Å². The first-order valence-corrected chi connectivity index (χ1v) is 10.2. The number of carbonyl (C=O) groups excluding carboxylic acids is 1. The van der Waals surface area contributed by atoms with Crippen molar-refractivity contribution < 1.29 is 19.4 Å². The van der Waals surface area contributed by atoms with Crippen molar-refractivity contribution in [1.29, 1.82) is 0 Å². The molecular formula is C24H26O4. The molecule has 4 rings (SSSR count). The van der Waals surface area contributed by atoms with Gasteiger partial charge in [0.2, 0.25) is 0 Å². The fourth-order valence-electron chi connectivity index (χ4n) is 4.95. The molecule has 2 aromatic carbocycles. The number of aliphatic carboxylic acids is 1. The second kappa shape index (κ2) is 8.17. The Morgan fingerprint density at radius 3 is 1.71 bits per heavy atom. The summed E-state index contributed by atoms with van der Waals surface area (Å²) in [6, 6.07) is 19.1. The topological polar surface area (TPSA) is 63.6 Å². The number of hydrogen-bond acceptors (Lipinski definition) is 3. The maximum atomic E-state index is 13.2. The molecule has 0 bridgehead atoms. The molecule has 2 atom stereocenters. The summed E-state index contributed by atoms with van der Waals surface area (Å²) in [5, 5.41) is 9.97. The lowest BCUT2D eigenvalue weighted by Crippen LogP contribution is -2.52. The van der Waals surface area contributed by atoms with Crippen LogP contribution < -0.4 is 0 Å². The third kappa shape index (κ3) is 3.56. The van der Waals surface area contributed by atoms with E-state index in [-0.39, 0.29) is 23.9 Å². The summed E-state index contributed by atoms with van der Waals surface area (Å²) >= 11 is 0. The van der Waals surface area contributed by atoms with Gasteiger partial charge in [0.25, 0.3) is 0 Å². The third-order valence-electron chi connectivity index (χ3n) is 6.31. The minimum Gasteiger partial charge on any atom is -0.481 e.